The number of carbonyl (C=O) groups is 1. The molecule has 0 saturated carbocycles. The molecular weight excluding hydrogens is 552 g/mol. The van der Waals surface area contributed by atoms with Crippen molar-refractivity contribution in [2.24, 2.45) is 0 Å². The van der Waals surface area contributed by atoms with Gasteiger partial charge in [0.15, 0.2) is 11.6 Å². The zero-order valence-electron chi connectivity index (χ0n) is 25.4. The average molecular weight is 593 g/mol. The molecule has 1 atom stereocenters. The van der Waals surface area contributed by atoms with Gasteiger partial charge in [-0.25, -0.2) is 4.98 Å². The SMILES string of the molecule is CN1CCC2(CC1)CC(NC(=O)c1cccc(NC3(c4nc(-c5ccncc5)n[nH]4)CCN(C)CC3)c1)c1ccccc1O2. The van der Waals surface area contributed by atoms with Gasteiger partial charge in [0.1, 0.15) is 11.4 Å². The highest BCUT2D eigenvalue weighted by molar-refractivity contribution is 5.95. The van der Waals surface area contributed by atoms with E-state index in [0.29, 0.717) is 11.4 Å². The minimum absolute atomic E-state index is 0.0875. The van der Waals surface area contributed by atoms with E-state index in [4.69, 9.17) is 9.72 Å². The number of carbonyl (C=O) groups excluding carboxylic acids is 1. The Morgan fingerprint density at radius 1 is 0.932 bits per heavy atom. The van der Waals surface area contributed by atoms with Crippen LogP contribution in [0.2, 0.25) is 0 Å². The van der Waals surface area contributed by atoms with Crippen molar-refractivity contribution in [1.82, 2.24) is 35.3 Å². The molecule has 44 heavy (non-hydrogen) atoms. The Morgan fingerprint density at radius 2 is 1.66 bits per heavy atom. The molecule has 2 aromatic heterocycles. The average Bonchev–Trinajstić information content (AvgIpc) is 3.56. The molecule has 3 N–H and O–H groups in total. The van der Waals surface area contributed by atoms with E-state index < -0.39 is 5.54 Å². The van der Waals surface area contributed by atoms with Crippen molar-refractivity contribution in [2.45, 2.75) is 49.3 Å². The van der Waals surface area contributed by atoms with Crippen LogP contribution in [0.4, 0.5) is 5.69 Å². The van der Waals surface area contributed by atoms with Gasteiger partial charge in [-0.1, -0.05) is 24.3 Å². The molecule has 3 aliphatic rings. The number of likely N-dealkylation sites (tertiary alicyclic amines) is 2. The molecular formula is C34H40N8O2. The quantitative estimate of drug-likeness (QED) is 0.298. The summed E-state index contributed by atoms with van der Waals surface area (Å²) in [7, 11) is 4.30. The number of hydrogen-bond donors (Lipinski definition) is 3. The molecule has 1 unspecified atom stereocenters. The van der Waals surface area contributed by atoms with Gasteiger partial charge in [0.25, 0.3) is 5.91 Å². The maximum absolute atomic E-state index is 13.8. The second kappa shape index (κ2) is 11.7. The van der Waals surface area contributed by atoms with Crippen molar-refractivity contribution in [3.63, 3.8) is 0 Å². The van der Waals surface area contributed by atoms with Crippen LogP contribution in [0.1, 0.15) is 59.9 Å². The Balaban J connectivity index is 1.13. The maximum atomic E-state index is 13.8. The molecule has 0 aliphatic carbocycles. The van der Waals surface area contributed by atoms with Crippen molar-refractivity contribution in [3.05, 3.63) is 90.0 Å². The monoisotopic (exact) mass is 592 g/mol. The van der Waals surface area contributed by atoms with Gasteiger partial charge in [-0.3, -0.25) is 14.9 Å². The van der Waals surface area contributed by atoms with Gasteiger partial charge in [0.2, 0.25) is 0 Å². The highest BCUT2D eigenvalue weighted by atomic mass is 16.5. The predicted molar refractivity (Wildman–Crippen MR) is 169 cm³/mol. The summed E-state index contributed by atoms with van der Waals surface area (Å²) in [4.78, 5) is 27.5. The molecule has 3 aliphatic heterocycles. The lowest BCUT2D eigenvalue weighted by molar-refractivity contribution is -0.0195. The van der Waals surface area contributed by atoms with E-state index in [-0.39, 0.29) is 17.6 Å². The number of nitrogens with zero attached hydrogens (tertiary/aromatic N) is 5. The molecule has 1 amide bonds. The van der Waals surface area contributed by atoms with Crippen molar-refractivity contribution in [3.8, 4) is 17.1 Å². The number of piperidine rings is 2. The summed E-state index contributed by atoms with van der Waals surface area (Å²) in [6.07, 6.45) is 7.86. The van der Waals surface area contributed by atoms with Crippen LogP contribution < -0.4 is 15.4 Å². The molecule has 228 valence electrons. The molecule has 10 nitrogen and oxygen atoms in total. The van der Waals surface area contributed by atoms with E-state index in [1.54, 1.807) is 12.4 Å². The van der Waals surface area contributed by atoms with Crippen molar-refractivity contribution in [1.29, 1.82) is 0 Å². The zero-order chi connectivity index (χ0) is 30.1. The van der Waals surface area contributed by atoms with E-state index >= 15 is 0 Å². The van der Waals surface area contributed by atoms with E-state index in [1.165, 1.54) is 0 Å². The van der Waals surface area contributed by atoms with Crippen molar-refractivity contribution >= 4 is 11.6 Å². The second-order valence-corrected chi connectivity index (χ2v) is 12.7. The fraction of sp³-hybridized carbons (Fsp3) is 0.412. The molecule has 2 saturated heterocycles. The van der Waals surface area contributed by atoms with Crippen LogP contribution in [0, 0.1) is 0 Å². The van der Waals surface area contributed by atoms with Crippen LogP contribution in [0.5, 0.6) is 5.75 Å². The number of para-hydroxylation sites is 1. The van der Waals surface area contributed by atoms with Crippen LogP contribution in [-0.2, 0) is 5.54 Å². The number of fused-ring (bicyclic) bond motifs is 1. The number of benzene rings is 2. The molecule has 7 rings (SSSR count). The highest BCUT2D eigenvalue weighted by Crippen LogP contribution is 2.44. The van der Waals surface area contributed by atoms with E-state index in [9.17, 15) is 4.79 Å². The van der Waals surface area contributed by atoms with Gasteiger partial charge < -0.3 is 25.2 Å². The molecule has 5 heterocycles. The van der Waals surface area contributed by atoms with Gasteiger partial charge in [-0.15, -0.1) is 0 Å². The molecule has 2 aromatic carbocycles. The number of ether oxygens (including phenoxy) is 1. The summed E-state index contributed by atoms with van der Waals surface area (Å²) in [5.41, 5.74) is 2.76. The van der Waals surface area contributed by atoms with Gasteiger partial charge in [-0.05, 0) is 76.2 Å². The number of amides is 1. The summed E-state index contributed by atoms with van der Waals surface area (Å²) in [5, 5.41) is 14.9. The summed E-state index contributed by atoms with van der Waals surface area (Å²) < 4.78 is 6.61. The Kier molecular flexibility index (Phi) is 7.55. The number of pyridine rings is 1. The van der Waals surface area contributed by atoms with Crippen molar-refractivity contribution < 1.29 is 9.53 Å². The van der Waals surface area contributed by atoms with E-state index in [2.05, 4.69) is 55.8 Å². The predicted octanol–water partition coefficient (Wildman–Crippen LogP) is 4.62. The van der Waals surface area contributed by atoms with Crippen LogP contribution in [0.15, 0.2) is 73.1 Å². The Morgan fingerprint density at radius 3 is 2.43 bits per heavy atom. The molecule has 0 radical (unpaired) electrons. The van der Waals surface area contributed by atoms with Crippen molar-refractivity contribution in [2.75, 3.05) is 45.6 Å². The lowest BCUT2D eigenvalue weighted by Gasteiger charge is -2.46. The largest absolute Gasteiger partial charge is 0.487 e. The first-order valence-electron chi connectivity index (χ1n) is 15.6. The Hall–Kier alpha value is -4.28. The number of aromatic nitrogens is 4. The minimum atomic E-state index is -0.444. The van der Waals surface area contributed by atoms with Gasteiger partial charge >= 0.3 is 0 Å². The fourth-order valence-electron chi connectivity index (χ4n) is 6.86. The van der Waals surface area contributed by atoms with Crippen LogP contribution >= 0.6 is 0 Å². The first kappa shape index (κ1) is 28.5. The lowest BCUT2D eigenvalue weighted by atomic mass is 9.80. The highest BCUT2D eigenvalue weighted by Gasteiger charge is 2.43. The minimum Gasteiger partial charge on any atom is -0.487 e. The summed E-state index contributed by atoms with van der Waals surface area (Å²) in [5.74, 6) is 2.24. The third-order valence-electron chi connectivity index (χ3n) is 9.63. The number of anilines is 1. The second-order valence-electron chi connectivity index (χ2n) is 12.7. The molecule has 2 fully saturated rings. The number of aromatic amines is 1. The summed E-state index contributed by atoms with van der Waals surface area (Å²) in [6, 6.07) is 19.6. The first-order valence-corrected chi connectivity index (χ1v) is 15.6. The standard InChI is InChI=1S/C34H40N8O2/c1-41-18-12-33(13-19-41)23-28(27-8-3-4-9-29(27)44-33)36-31(43)25-6-5-7-26(22-25)38-34(14-20-42(2)21-15-34)32-37-30(39-40-32)24-10-16-35-17-11-24/h3-11,16-17,22,28,38H,12-15,18-21,23H2,1-2H3,(H,36,43)(H,37,39,40). The van der Waals surface area contributed by atoms with E-state index in [0.717, 1.165) is 86.7 Å². The van der Waals surface area contributed by atoms with Crippen LogP contribution in [0.3, 0.4) is 0 Å². The van der Waals surface area contributed by atoms with Gasteiger partial charge in [0, 0.05) is 67.4 Å². The number of hydrogen-bond acceptors (Lipinski definition) is 8. The lowest BCUT2D eigenvalue weighted by Crippen LogP contribution is -2.51. The summed E-state index contributed by atoms with van der Waals surface area (Å²) in [6.45, 7) is 3.81. The number of nitrogens with one attached hydrogen (secondary N) is 3. The Bertz CT molecular complexity index is 1610. The van der Waals surface area contributed by atoms with Gasteiger partial charge in [-0.2, -0.15) is 5.10 Å². The fourth-order valence-corrected chi connectivity index (χ4v) is 6.86. The number of H-pyrrole nitrogens is 1. The first-order chi connectivity index (χ1) is 21.4. The molecule has 1 spiro atoms. The maximum Gasteiger partial charge on any atom is 0.251 e. The van der Waals surface area contributed by atoms with E-state index in [1.807, 2.05) is 54.6 Å². The molecule has 4 aromatic rings. The molecule has 0 bridgehead atoms. The van der Waals surface area contributed by atoms with Crippen LogP contribution in [-0.4, -0.2) is 81.7 Å². The Labute approximate surface area is 258 Å². The zero-order valence-corrected chi connectivity index (χ0v) is 25.4. The summed E-state index contributed by atoms with van der Waals surface area (Å²) >= 11 is 0. The van der Waals surface area contributed by atoms with Crippen LogP contribution in [0.25, 0.3) is 11.4 Å². The smallest absolute Gasteiger partial charge is 0.251 e. The number of rotatable bonds is 6. The molecule has 10 heteroatoms. The normalized spacial score (nSPS) is 21.3. The topological polar surface area (TPSA) is 111 Å². The van der Waals surface area contributed by atoms with Gasteiger partial charge in [0.05, 0.1) is 11.6 Å². The third-order valence-corrected chi connectivity index (χ3v) is 9.63. The third kappa shape index (κ3) is 5.67.